The van der Waals surface area contributed by atoms with E-state index in [9.17, 15) is 4.79 Å². The van der Waals surface area contributed by atoms with E-state index in [4.69, 9.17) is 14.3 Å². The van der Waals surface area contributed by atoms with E-state index in [2.05, 4.69) is 15.3 Å². The topological polar surface area (TPSA) is 100 Å². The summed E-state index contributed by atoms with van der Waals surface area (Å²) in [5, 5.41) is 12.4. The van der Waals surface area contributed by atoms with Gasteiger partial charge in [0.25, 0.3) is 5.91 Å². The number of aromatic amines is 1. The number of para-hydroxylation sites is 2. The van der Waals surface area contributed by atoms with Crippen LogP contribution in [0.1, 0.15) is 10.6 Å². The van der Waals surface area contributed by atoms with Crippen LogP contribution in [0.3, 0.4) is 0 Å². The number of nitrogens with one attached hydrogen (secondary N) is 2. The van der Waals surface area contributed by atoms with Crippen molar-refractivity contribution in [3.63, 3.8) is 0 Å². The van der Waals surface area contributed by atoms with Gasteiger partial charge in [-0.15, -0.1) is 0 Å². The van der Waals surface area contributed by atoms with Gasteiger partial charge in [-0.3, -0.25) is 4.79 Å². The number of ether oxygens (including phenoxy) is 1. The lowest BCUT2D eigenvalue weighted by atomic mass is 10.0. The van der Waals surface area contributed by atoms with Crippen molar-refractivity contribution in [2.75, 3.05) is 13.2 Å². The number of aliphatic hydroxyl groups excluding tert-OH is 1. The van der Waals surface area contributed by atoms with Gasteiger partial charge in [0.05, 0.1) is 12.9 Å². The van der Waals surface area contributed by atoms with Crippen molar-refractivity contribution >= 4 is 16.9 Å². The van der Waals surface area contributed by atoms with Crippen molar-refractivity contribution in [1.29, 1.82) is 0 Å². The third-order valence-electron chi connectivity index (χ3n) is 5.23. The zero-order valence-corrected chi connectivity index (χ0v) is 17.6. The highest BCUT2D eigenvalue weighted by atomic mass is 16.5. The smallest absolute Gasteiger partial charge is 0.287 e. The number of fused-ring (bicyclic) bond motifs is 1. The van der Waals surface area contributed by atoms with E-state index >= 15 is 0 Å². The van der Waals surface area contributed by atoms with E-state index in [0.717, 1.165) is 44.8 Å². The molecule has 0 atom stereocenters. The van der Waals surface area contributed by atoms with Crippen LogP contribution in [0.2, 0.25) is 0 Å². The van der Waals surface area contributed by atoms with Crippen LogP contribution in [0.5, 0.6) is 11.5 Å². The van der Waals surface area contributed by atoms with Gasteiger partial charge in [-0.05, 0) is 30.3 Å². The fourth-order valence-electron chi connectivity index (χ4n) is 3.65. The van der Waals surface area contributed by atoms with E-state index in [0.29, 0.717) is 0 Å². The summed E-state index contributed by atoms with van der Waals surface area (Å²) in [6, 6.07) is 21.2. The first-order valence-corrected chi connectivity index (χ1v) is 10.5. The highest BCUT2D eigenvalue weighted by Crippen LogP contribution is 2.36. The average Bonchev–Trinajstić information content (AvgIpc) is 3.50. The Balaban J connectivity index is 1.50. The van der Waals surface area contributed by atoms with E-state index < -0.39 is 0 Å². The number of furan rings is 1. The van der Waals surface area contributed by atoms with E-state index in [1.54, 1.807) is 12.3 Å². The van der Waals surface area contributed by atoms with Gasteiger partial charge in [-0.25, -0.2) is 4.98 Å². The molecular weight excluding hydrogens is 418 g/mol. The lowest BCUT2D eigenvalue weighted by Crippen LogP contribution is -2.25. The highest BCUT2D eigenvalue weighted by molar-refractivity contribution is 5.98. The quantitative estimate of drug-likeness (QED) is 0.331. The average molecular weight is 439 g/mol. The number of benzene rings is 2. The molecule has 33 heavy (non-hydrogen) atoms. The summed E-state index contributed by atoms with van der Waals surface area (Å²) in [6.07, 6.45) is 5.18. The molecule has 7 nitrogen and oxygen atoms in total. The van der Waals surface area contributed by atoms with Crippen molar-refractivity contribution in [1.82, 2.24) is 15.3 Å². The van der Waals surface area contributed by atoms with Crippen molar-refractivity contribution in [3.05, 3.63) is 91.1 Å². The van der Waals surface area contributed by atoms with Crippen LogP contribution in [0, 0.1) is 0 Å². The fraction of sp³-hybridized carbons (Fsp3) is 0.0769. The van der Waals surface area contributed by atoms with Gasteiger partial charge in [0.15, 0.2) is 5.76 Å². The van der Waals surface area contributed by atoms with E-state index in [1.165, 1.54) is 6.26 Å². The summed E-state index contributed by atoms with van der Waals surface area (Å²) < 4.78 is 11.6. The number of aliphatic hydroxyl groups is 1. The lowest BCUT2D eigenvalue weighted by Gasteiger charge is -2.11. The number of hydrogen-bond donors (Lipinski definition) is 3. The third-order valence-corrected chi connectivity index (χ3v) is 5.23. The van der Waals surface area contributed by atoms with E-state index in [1.807, 2.05) is 66.9 Å². The van der Waals surface area contributed by atoms with Crippen LogP contribution >= 0.6 is 0 Å². The standard InChI is InChI=1S/C26H21N3O4/c30-11-10-27-26(31)24-13-18(16-32-24)22-15-29-25-21(22)12-17(14-28-25)20-8-4-5-9-23(20)33-19-6-2-1-3-7-19/h1-9,12-16,30H,10-11H2,(H,27,31)(H,28,29). The maximum atomic E-state index is 12.1. The second-order valence-corrected chi connectivity index (χ2v) is 7.41. The molecule has 3 aromatic heterocycles. The molecule has 0 aliphatic heterocycles. The maximum Gasteiger partial charge on any atom is 0.287 e. The Morgan fingerprint density at radius 3 is 2.70 bits per heavy atom. The number of H-pyrrole nitrogens is 1. The van der Waals surface area contributed by atoms with Crippen LogP contribution in [0.25, 0.3) is 33.3 Å². The molecule has 5 rings (SSSR count). The summed E-state index contributed by atoms with van der Waals surface area (Å²) >= 11 is 0. The minimum Gasteiger partial charge on any atom is -0.459 e. The molecule has 0 saturated heterocycles. The first kappa shape index (κ1) is 20.5. The van der Waals surface area contributed by atoms with Crippen molar-refractivity contribution in [2.24, 2.45) is 0 Å². The summed E-state index contributed by atoms with van der Waals surface area (Å²) in [5.74, 6) is 1.29. The number of hydrogen-bond acceptors (Lipinski definition) is 5. The van der Waals surface area contributed by atoms with Crippen LogP contribution in [-0.4, -0.2) is 34.1 Å². The Morgan fingerprint density at radius 1 is 1.03 bits per heavy atom. The molecule has 0 spiro atoms. The monoisotopic (exact) mass is 439 g/mol. The predicted molar refractivity (Wildman–Crippen MR) is 125 cm³/mol. The molecule has 0 aliphatic carbocycles. The molecule has 0 aliphatic rings. The van der Waals surface area contributed by atoms with Crippen LogP contribution in [0.15, 0.2) is 89.8 Å². The minimum atomic E-state index is -0.374. The zero-order chi connectivity index (χ0) is 22.6. The lowest BCUT2D eigenvalue weighted by molar-refractivity contribution is 0.0917. The number of nitrogens with zero attached hydrogens (tertiary/aromatic N) is 1. The SMILES string of the molecule is O=C(NCCO)c1cc(-c2c[nH]c3ncc(-c4ccccc4Oc4ccccc4)cc23)co1. The Kier molecular flexibility index (Phi) is 5.61. The van der Waals surface area contributed by atoms with Crippen molar-refractivity contribution < 1.29 is 19.1 Å². The van der Waals surface area contributed by atoms with Gasteiger partial charge in [0.2, 0.25) is 0 Å². The van der Waals surface area contributed by atoms with E-state index in [-0.39, 0.29) is 24.8 Å². The first-order chi connectivity index (χ1) is 16.2. The Morgan fingerprint density at radius 2 is 1.85 bits per heavy atom. The maximum absolute atomic E-state index is 12.1. The molecule has 164 valence electrons. The van der Waals surface area contributed by atoms with Gasteiger partial charge in [0.1, 0.15) is 17.1 Å². The molecule has 3 heterocycles. The Bertz CT molecular complexity index is 1410. The number of carbonyl (C=O) groups is 1. The second-order valence-electron chi connectivity index (χ2n) is 7.41. The number of rotatable bonds is 7. The molecule has 0 radical (unpaired) electrons. The van der Waals surface area contributed by atoms with Gasteiger partial charge < -0.3 is 24.6 Å². The van der Waals surface area contributed by atoms with Gasteiger partial charge in [-0.2, -0.15) is 0 Å². The molecule has 7 heteroatoms. The van der Waals surface area contributed by atoms with Crippen molar-refractivity contribution in [3.8, 4) is 33.8 Å². The zero-order valence-electron chi connectivity index (χ0n) is 17.6. The van der Waals surface area contributed by atoms with Gasteiger partial charge in [-0.1, -0.05) is 36.4 Å². The normalized spacial score (nSPS) is 10.9. The van der Waals surface area contributed by atoms with Crippen LogP contribution in [0.4, 0.5) is 0 Å². The van der Waals surface area contributed by atoms with Crippen LogP contribution < -0.4 is 10.1 Å². The number of amides is 1. The first-order valence-electron chi connectivity index (χ1n) is 10.5. The number of carbonyl (C=O) groups excluding carboxylic acids is 1. The molecule has 2 aromatic carbocycles. The molecule has 0 saturated carbocycles. The molecule has 0 bridgehead atoms. The Labute approximate surface area is 189 Å². The summed E-state index contributed by atoms with van der Waals surface area (Å²) in [6.45, 7) is 0.0331. The summed E-state index contributed by atoms with van der Waals surface area (Å²) in [4.78, 5) is 19.9. The van der Waals surface area contributed by atoms with Gasteiger partial charge in [0, 0.05) is 46.6 Å². The van der Waals surface area contributed by atoms with Gasteiger partial charge >= 0.3 is 0 Å². The number of aromatic nitrogens is 2. The molecule has 1 amide bonds. The minimum absolute atomic E-state index is 0.133. The third kappa shape index (κ3) is 4.22. The van der Waals surface area contributed by atoms with Crippen molar-refractivity contribution in [2.45, 2.75) is 0 Å². The molecule has 0 unspecified atom stereocenters. The second kappa shape index (κ2) is 9.02. The largest absolute Gasteiger partial charge is 0.459 e. The summed E-state index contributed by atoms with van der Waals surface area (Å²) in [5.41, 5.74) is 4.16. The number of pyridine rings is 1. The summed E-state index contributed by atoms with van der Waals surface area (Å²) in [7, 11) is 0. The van der Waals surface area contributed by atoms with Crippen LogP contribution in [-0.2, 0) is 0 Å². The fourth-order valence-corrected chi connectivity index (χ4v) is 3.65. The molecule has 3 N–H and O–H groups in total. The Hall–Kier alpha value is -4.36. The molecular formula is C26H21N3O4. The molecule has 0 fully saturated rings. The molecule has 5 aromatic rings. The predicted octanol–water partition coefficient (Wildman–Crippen LogP) is 5.00. The highest BCUT2D eigenvalue weighted by Gasteiger charge is 2.16.